The van der Waals surface area contributed by atoms with E-state index in [0.29, 0.717) is 10.8 Å². The van der Waals surface area contributed by atoms with Gasteiger partial charge in [0.25, 0.3) is 5.91 Å². The maximum absolute atomic E-state index is 12.1. The average molecular weight is 280 g/mol. The average Bonchev–Trinajstić information content (AvgIpc) is 2.80. The molecule has 4 N–H and O–H groups in total. The number of anilines is 1. The lowest BCUT2D eigenvalue weighted by Crippen LogP contribution is -2.33. The van der Waals surface area contributed by atoms with E-state index in [-0.39, 0.29) is 23.4 Å². The minimum atomic E-state index is -0.137. The lowest BCUT2D eigenvalue weighted by molar-refractivity contribution is 0.0937. The molecule has 19 heavy (non-hydrogen) atoms. The molecular weight excluding hydrogens is 260 g/mol. The van der Waals surface area contributed by atoms with Gasteiger partial charge in [0.15, 0.2) is 0 Å². The number of hydrogen-bond acceptors (Lipinski definition) is 4. The van der Waals surface area contributed by atoms with Crippen molar-refractivity contribution in [3.8, 4) is 5.75 Å². The highest BCUT2D eigenvalue weighted by atomic mass is 32.2. The first-order valence-electron chi connectivity index (χ1n) is 6.61. The van der Waals surface area contributed by atoms with Crippen molar-refractivity contribution in [3.05, 3.63) is 23.8 Å². The number of hydrogen-bond donors (Lipinski definition) is 3. The molecule has 2 unspecified atom stereocenters. The second-order valence-electron chi connectivity index (χ2n) is 4.83. The van der Waals surface area contributed by atoms with Crippen LogP contribution >= 0.6 is 11.8 Å². The van der Waals surface area contributed by atoms with Gasteiger partial charge in [0, 0.05) is 16.9 Å². The Hall–Kier alpha value is -1.36. The van der Waals surface area contributed by atoms with E-state index >= 15 is 0 Å². The summed E-state index contributed by atoms with van der Waals surface area (Å²) >= 11 is 1.96. The molecule has 1 amide bonds. The summed E-state index contributed by atoms with van der Waals surface area (Å²) in [5, 5.41) is 13.2. The molecule has 0 heterocycles. The number of benzene rings is 1. The van der Waals surface area contributed by atoms with Gasteiger partial charge >= 0.3 is 0 Å². The number of thioether (sulfide) groups is 1. The number of nitrogens with two attached hydrogens (primary N) is 1. The van der Waals surface area contributed by atoms with Crippen molar-refractivity contribution in [3.63, 3.8) is 0 Å². The molecule has 1 aromatic rings. The molecule has 0 spiro atoms. The van der Waals surface area contributed by atoms with Crippen molar-refractivity contribution in [1.29, 1.82) is 0 Å². The number of rotatable bonds is 4. The normalized spacial score (nSPS) is 22.4. The maximum Gasteiger partial charge on any atom is 0.251 e. The fourth-order valence-corrected chi connectivity index (χ4v) is 3.55. The third kappa shape index (κ3) is 3.56. The number of phenols is 1. The highest BCUT2D eigenvalue weighted by Gasteiger charge is 2.26. The first kappa shape index (κ1) is 14.1. The van der Waals surface area contributed by atoms with Crippen LogP contribution in [0.2, 0.25) is 0 Å². The molecule has 2 atom stereocenters. The van der Waals surface area contributed by atoms with Crippen LogP contribution in [-0.4, -0.2) is 28.1 Å². The van der Waals surface area contributed by atoms with Crippen molar-refractivity contribution in [2.24, 2.45) is 0 Å². The van der Waals surface area contributed by atoms with Crippen molar-refractivity contribution >= 4 is 23.4 Å². The van der Waals surface area contributed by atoms with Crippen LogP contribution in [0.15, 0.2) is 18.2 Å². The summed E-state index contributed by atoms with van der Waals surface area (Å²) in [6, 6.07) is 4.85. The van der Waals surface area contributed by atoms with Crippen LogP contribution in [0.25, 0.3) is 0 Å². The van der Waals surface area contributed by atoms with Crippen molar-refractivity contribution in [1.82, 2.24) is 5.32 Å². The van der Waals surface area contributed by atoms with Crippen LogP contribution in [0, 0.1) is 0 Å². The number of aromatic hydroxyl groups is 1. The smallest absolute Gasteiger partial charge is 0.251 e. The van der Waals surface area contributed by atoms with Crippen LogP contribution in [-0.2, 0) is 0 Å². The molecule has 0 saturated heterocycles. The predicted octanol–water partition coefficient (Wildman–Crippen LogP) is 2.38. The van der Waals surface area contributed by atoms with Crippen LogP contribution in [0.1, 0.15) is 36.5 Å². The Morgan fingerprint density at radius 1 is 1.53 bits per heavy atom. The Labute approximate surface area is 117 Å². The van der Waals surface area contributed by atoms with Gasteiger partial charge in [0.1, 0.15) is 5.75 Å². The number of nitrogen functional groups attached to an aromatic ring is 1. The lowest BCUT2D eigenvalue weighted by atomic mass is 10.1. The van der Waals surface area contributed by atoms with Crippen molar-refractivity contribution in [2.75, 3.05) is 11.5 Å². The summed E-state index contributed by atoms with van der Waals surface area (Å²) in [6.07, 6.45) is 3.23. The van der Waals surface area contributed by atoms with E-state index in [9.17, 15) is 9.90 Å². The second-order valence-corrected chi connectivity index (χ2v) is 6.41. The summed E-state index contributed by atoms with van der Waals surface area (Å²) in [6.45, 7) is 2.16. The summed E-state index contributed by atoms with van der Waals surface area (Å²) in [7, 11) is 0. The van der Waals surface area contributed by atoms with Gasteiger partial charge in [-0.2, -0.15) is 11.8 Å². The van der Waals surface area contributed by atoms with E-state index < -0.39 is 0 Å². The van der Waals surface area contributed by atoms with Gasteiger partial charge in [0.2, 0.25) is 0 Å². The first-order valence-corrected chi connectivity index (χ1v) is 7.66. The molecule has 1 aliphatic rings. The van der Waals surface area contributed by atoms with Crippen LogP contribution in [0.3, 0.4) is 0 Å². The largest absolute Gasteiger partial charge is 0.506 e. The van der Waals surface area contributed by atoms with E-state index in [1.54, 1.807) is 12.1 Å². The molecule has 1 aromatic carbocycles. The number of amides is 1. The Morgan fingerprint density at radius 3 is 3.00 bits per heavy atom. The highest BCUT2D eigenvalue weighted by Crippen LogP contribution is 2.30. The minimum Gasteiger partial charge on any atom is -0.506 e. The van der Waals surface area contributed by atoms with Gasteiger partial charge in [-0.1, -0.05) is 6.92 Å². The van der Waals surface area contributed by atoms with Gasteiger partial charge in [-0.15, -0.1) is 0 Å². The second kappa shape index (κ2) is 6.19. The quantitative estimate of drug-likeness (QED) is 0.584. The standard InChI is InChI=1S/C14H20N2O2S/c1-2-19-11-5-4-10(8-11)16-14(18)9-3-6-12(15)13(17)7-9/h3,6-7,10-11,17H,2,4-5,8,15H2,1H3,(H,16,18). The third-order valence-electron chi connectivity index (χ3n) is 3.41. The Bertz CT molecular complexity index is 465. The van der Waals surface area contributed by atoms with Crippen LogP contribution in [0.4, 0.5) is 5.69 Å². The summed E-state index contributed by atoms with van der Waals surface area (Å²) in [4.78, 5) is 12.1. The zero-order valence-corrected chi connectivity index (χ0v) is 11.9. The van der Waals surface area contributed by atoms with Gasteiger partial charge in [0.05, 0.1) is 5.69 Å². The molecule has 2 rings (SSSR count). The van der Waals surface area contributed by atoms with E-state index in [2.05, 4.69) is 12.2 Å². The third-order valence-corrected chi connectivity index (χ3v) is 4.65. The van der Waals surface area contributed by atoms with Gasteiger partial charge < -0.3 is 16.2 Å². The van der Waals surface area contributed by atoms with Crippen molar-refractivity contribution in [2.45, 2.75) is 37.5 Å². The highest BCUT2D eigenvalue weighted by molar-refractivity contribution is 7.99. The number of phenolic OH excluding ortho intramolecular Hbond substituents is 1. The Kier molecular flexibility index (Phi) is 4.58. The molecule has 0 bridgehead atoms. The number of nitrogens with one attached hydrogen (secondary N) is 1. The summed E-state index contributed by atoms with van der Waals surface area (Å²) in [5.41, 5.74) is 6.26. The van der Waals surface area contributed by atoms with E-state index in [0.717, 1.165) is 25.0 Å². The van der Waals surface area contributed by atoms with E-state index in [1.807, 2.05) is 11.8 Å². The predicted molar refractivity (Wildman–Crippen MR) is 79.5 cm³/mol. The number of carbonyl (C=O) groups excluding carboxylic acids is 1. The lowest BCUT2D eigenvalue weighted by Gasteiger charge is -2.13. The number of carbonyl (C=O) groups is 1. The molecule has 1 fully saturated rings. The van der Waals surface area contributed by atoms with Gasteiger partial charge in [-0.25, -0.2) is 0 Å². The molecular formula is C14H20N2O2S. The van der Waals surface area contributed by atoms with Crippen LogP contribution in [0.5, 0.6) is 5.75 Å². The fourth-order valence-electron chi connectivity index (χ4n) is 2.41. The van der Waals surface area contributed by atoms with Gasteiger partial charge in [-0.05, 0) is 43.2 Å². The summed E-state index contributed by atoms with van der Waals surface area (Å²) in [5.74, 6) is 0.943. The maximum atomic E-state index is 12.1. The summed E-state index contributed by atoms with van der Waals surface area (Å²) < 4.78 is 0. The minimum absolute atomic E-state index is 0.0431. The molecule has 1 aliphatic carbocycles. The fraction of sp³-hybridized carbons (Fsp3) is 0.500. The molecule has 0 aliphatic heterocycles. The molecule has 1 saturated carbocycles. The Morgan fingerprint density at radius 2 is 2.32 bits per heavy atom. The van der Waals surface area contributed by atoms with Crippen molar-refractivity contribution < 1.29 is 9.90 Å². The topological polar surface area (TPSA) is 75.4 Å². The molecule has 4 nitrogen and oxygen atoms in total. The zero-order chi connectivity index (χ0) is 13.8. The molecule has 0 radical (unpaired) electrons. The van der Waals surface area contributed by atoms with Crippen LogP contribution < -0.4 is 11.1 Å². The molecule has 104 valence electrons. The first-order chi connectivity index (χ1) is 9.10. The molecule has 5 heteroatoms. The monoisotopic (exact) mass is 280 g/mol. The zero-order valence-electron chi connectivity index (χ0n) is 11.1. The molecule has 0 aromatic heterocycles. The van der Waals surface area contributed by atoms with E-state index in [1.165, 1.54) is 6.07 Å². The van der Waals surface area contributed by atoms with E-state index in [4.69, 9.17) is 5.73 Å². The Balaban J connectivity index is 1.92. The van der Waals surface area contributed by atoms with Gasteiger partial charge in [-0.3, -0.25) is 4.79 Å². The SMILES string of the molecule is CCSC1CCC(NC(=O)c2ccc(N)c(O)c2)C1.